The fourth-order valence-electron chi connectivity index (χ4n) is 2.54. The standard InChI is InChI=1S/C15H18FNO2/c1-10-5-6-12(9-14(10)16)15(19)17-7-3-4-13(17)8-11(2)18/h5-6,9,13H,3-4,7-8H2,1-2H3. The van der Waals surface area contributed by atoms with E-state index in [1.807, 2.05) is 0 Å². The van der Waals surface area contributed by atoms with E-state index in [-0.39, 0.29) is 23.5 Å². The minimum absolute atomic E-state index is 0.0330. The minimum atomic E-state index is -0.367. The Morgan fingerprint density at radius 1 is 1.42 bits per heavy atom. The average molecular weight is 263 g/mol. The average Bonchev–Trinajstić information content (AvgIpc) is 2.79. The van der Waals surface area contributed by atoms with Crippen LogP contribution in [0.4, 0.5) is 4.39 Å². The highest BCUT2D eigenvalue weighted by atomic mass is 19.1. The van der Waals surface area contributed by atoms with Crippen LogP contribution in [0.25, 0.3) is 0 Å². The fraction of sp³-hybridized carbons (Fsp3) is 0.467. The van der Waals surface area contributed by atoms with Crippen LogP contribution in [-0.4, -0.2) is 29.2 Å². The van der Waals surface area contributed by atoms with E-state index in [4.69, 9.17) is 0 Å². The van der Waals surface area contributed by atoms with Crippen molar-refractivity contribution in [3.63, 3.8) is 0 Å². The number of amides is 1. The molecule has 4 heteroatoms. The lowest BCUT2D eigenvalue weighted by Crippen LogP contribution is -2.36. The number of carbonyl (C=O) groups is 2. The molecule has 0 saturated carbocycles. The van der Waals surface area contributed by atoms with Crippen LogP contribution < -0.4 is 0 Å². The number of likely N-dealkylation sites (tertiary alicyclic amines) is 1. The van der Waals surface area contributed by atoms with Crippen LogP contribution in [0, 0.1) is 12.7 Å². The number of hydrogen-bond donors (Lipinski definition) is 0. The molecule has 1 aromatic carbocycles. The molecular formula is C15H18FNO2. The van der Waals surface area contributed by atoms with E-state index in [2.05, 4.69) is 0 Å². The van der Waals surface area contributed by atoms with Crippen LogP contribution in [0.1, 0.15) is 42.1 Å². The van der Waals surface area contributed by atoms with E-state index in [1.165, 1.54) is 13.0 Å². The topological polar surface area (TPSA) is 37.4 Å². The lowest BCUT2D eigenvalue weighted by atomic mass is 10.1. The molecule has 1 amide bonds. The SMILES string of the molecule is CC(=O)CC1CCCN1C(=O)c1ccc(C)c(F)c1. The quantitative estimate of drug-likeness (QED) is 0.841. The predicted molar refractivity (Wildman–Crippen MR) is 70.5 cm³/mol. The molecule has 1 saturated heterocycles. The van der Waals surface area contributed by atoms with E-state index in [1.54, 1.807) is 24.0 Å². The number of nitrogens with zero attached hydrogens (tertiary/aromatic N) is 1. The highest BCUT2D eigenvalue weighted by Crippen LogP contribution is 2.23. The maximum absolute atomic E-state index is 13.5. The first-order valence-corrected chi connectivity index (χ1v) is 6.55. The van der Waals surface area contributed by atoms with Gasteiger partial charge in [0, 0.05) is 24.6 Å². The molecule has 1 aliphatic rings. The molecule has 1 unspecified atom stereocenters. The van der Waals surface area contributed by atoms with E-state index in [9.17, 15) is 14.0 Å². The van der Waals surface area contributed by atoms with Crippen molar-refractivity contribution in [3.8, 4) is 0 Å². The van der Waals surface area contributed by atoms with Crippen molar-refractivity contribution in [2.75, 3.05) is 6.54 Å². The molecule has 1 atom stereocenters. The van der Waals surface area contributed by atoms with Gasteiger partial charge in [-0.3, -0.25) is 9.59 Å². The van der Waals surface area contributed by atoms with Gasteiger partial charge in [-0.1, -0.05) is 6.07 Å². The molecule has 1 heterocycles. The van der Waals surface area contributed by atoms with Gasteiger partial charge in [0.2, 0.25) is 0 Å². The summed E-state index contributed by atoms with van der Waals surface area (Å²) in [7, 11) is 0. The van der Waals surface area contributed by atoms with Crippen molar-refractivity contribution >= 4 is 11.7 Å². The zero-order valence-corrected chi connectivity index (χ0v) is 11.3. The molecule has 0 N–H and O–H groups in total. The van der Waals surface area contributed by atoms with Crippen molar-refractivity contribution in [2.45, 2.75) is 39.2 Å². The number of hydrogen-bond acceptors (Lipinski definition) is 2. The van der Waals surface area contributed by atoms with Gasteiger partial charge in [-0.05, 0) is 44.4 Å². The summed E-state index contributed by atoms with van der Waals surface area (Å²) in [5.41, 5.74) is 0.886. The summed E-state index contributed by atoms with van der Waals surface area (Å²) >= 11 is 0. The predicted octanol–water partition coefficient (Wildman–Crippen LogP) is 2.72. The van der Waals surface area contributed by atoms with Crippen LogP contribution in [-0.2, 0) is 4.79 Å². The Balaban J connectivity index is 2.18. The zero-order valence-electron chi connectivity index (χ0n) is 11.3. The molecule has 1 aliphatic heterocycles. The summed E-state index contributed by atoms with van der Waals surface area (Å²) in [6.45, 7) is 3.84. The molecule has 2 rings (SSSR count). The second kappa shape index (κ2) is 5.51. The van der Waals surface area contributed by atoms with Crippen LogP contribution in [0.3, 0.4) is 0 Å². The Kier molecular flexibility index (Phi) is 3.98. The van der Waals surface area contributed by atoms with Crippen LogP contribution in [0.15, 0.2) is 18.2 Å². The van der Waals surface area contributed by atoms with Gasteiger partial charge < -0.3 is 4.90 Å². The number of Topliss-reactive ketones (excluding diaryl/α,β-unsaturated/α-hetero) is 1. The molecule has 0 bridgehead atoms. The number of rotatable bonds is 3. The Bertz CT molecular complexity index is 513. The molecule has 0 aliphatic carbocycles. The molecule has 102 valence electrons. The maximum Gasteiger partial charge on any atom is 0.254 e. The van der Waals surface area contributed by atoms with E-state index in [0.29, 0.717) is 24.1 Å². The first-order chi connectivity index (χ1) is 8.99. The van der Waals surface area contributed by atoms with Gasteiger partial charge in [0.05, 0.1) is 0 Å². The largest absolute Gasteiger partial charge is 0.335 e. The highest BCUT2D eigenvalue weighted by molar-refractivity contribution is 5.95. The van der Waals surface area contributed by atoms with Crippen molar-refractivity contribution < 1.29 is 14.0 Å². The summed E-state index contributed by atoms with van der Waals surface area (Å²) in [5.74, 6) is -0.462. The number of aryl methyl sites for hydroxylation is 1. The van der Waals surface area contributed by atoms with Crippen molar-refractivity contribution in [1.82, 2.24) is 4.90 Å². The van der Waals surface area contributed by atoms with Crippen LogP contribution in [0.2, 0.25) is 0 Å². The zero-order chi connectivity index (χ0) is 14.0. The second-order valence-electron chi connectivity index (χ2n) is 5.16. The fourth-order valence-corrected chi connectivity index (χ4v) is 2.54. The maximum atomic E-state index is 13.5. The van der Waals surface area contributed by atoms with E-state index < -0.39 is 0 Å². The van der Waals surface area contributed by atoms with Gasteiger partial charge in [0.25, 0.3) is 5.91 Å². The monoisotopic (exact) mass is 263 g/mol. The van der Waals surface area contributed by atoms with Gasteiger partial charge in [-0.2, -0.15) is 0 Å². The summed E-state index contributed by atoms with van der Waals surface area (Å²) in [6, 6.07) is 4.50. The number of halogens is 1. The Labute approximate surface area is 112 Å². The van der Waals surface area contributed by atoms with Gasteiger partial charge in [-0.25, -0.2) is 4.39 Å². The number of benzene rings is 1. The molecule has 1 aromatic rings. The molecule has 0 spiro atoms. The van der Waals surface area contributed by atoms with Gasteiger partial charge in [0.15, 0.2) is 0 Å². The smallest absolute Gasteiger partial charge is 0.254 e. The first kappa shape index (κ1) is 13.7. The lowest BCUT2D eigenvalue weighted by Gasteiger charge is -2.24. The Morgan fingerprint density at radius 3 is 2.79 bits per heavy atom. The molecule has 0 aromatic heterocycles. The van der Waals surface area contributed by atoms with Crippen molar-refractivity contribution in [2.24, 2.45) is 0 Å². The first-order valence-electron chi connectivity index (χ1n) is 6.55. The molecule has 0 radical (unpaired) electrons. The molecule has 1 fully saturated rings. The van der Waals surface area contributed by atoms with E-state index in [0.717, 1.165) is 12.8 Å². The third-order valence-corrected chi connectivity index (χ3v) is 3.58. The summed E-state index contributed by atoms with van der Waals surface area (Å²) in [5, 5.41) is 0. The summed E-state index contributed by atoms with van der Waals surface area (Å²) < 4.78 is 13.5. The van der Waals surface area contributed by atoms with E-state index >= 15 is 0 Å². The Hall–Kier alpha value is -1.71. The van der Waals surface area contributed by atoms with Crippen LogP contribution in [0.5, 0.6) is 0 Å². The second-order valence-corrected chi connectivity index (χ2v) is 5.16. The summed E-state index contributed by atoms with van der Waals surface area (Å²) in [6.07, 6.45) is 2.14. The molecule has 3 nitrogen and oxygen atoms in total. The minimum Gasteiger partial charge on any atom is -0.335 e. The number of carbonyl (C=O) groups excluding carboxylic acids is 2. The third-order valence-electron chi connectivity index (χ3n) is 3.58. The number of ketones is 1. The van der Waals surface area contributed by atoms with Crippen LogP contribution >= 0.6 is 0 Å². The van der Waals surface area contributed by atoms with Gasteiger partial charge in [0.1, 0.15) is 11.6 Å². The lowest BCUT2D eigenvalue weighted by molar-refractivity contribution is -0.117. The Morgan fingerprint density at radius 2 is 2.16 bits per heavy atom. The van der Waals surface area contributed by atoms with Gasteiger partial charge in [-0.15, -0.1) is 0 Å². The van der Waals surface area contributed by atoms with Gasteiger partial charge >= 0.3 is 0 Å². The third kappa shape index (κ3) is 3.00. The van der Waals surface area contributed by atoms with Crippen molar-refractivity contribution in [1.29, 1.82) is 0 Å². The van der Waals surface area contributed by atoms with Crippen molar-refractivity contribution in [3.05, 3.63) is 35.1 Å². The molecule has 19 heavy (non-hydrogen) atoms. The normalized spacial score (nSPS) is 18.7. The summed E-state index contributed by atoms with van der Waals surface area (Å²) in [4.78, 5) is 25.3. The molecular weight excluding hydrogens is 245 g/mol. The highest BCUT2D eigenvalue weighted by Gasteiger charge is 2.30.